The van der Waals surface area contributed by atoms with Gasteiger partial charge in [0.25, 0.3) is 0 Å². The van der Waals surface area contributed by atoms with Crippen molar-refractivity contribution in [3.05, 3.63) is 22.7 Å². The minimum Gasteiger partial charge on any atom is -0.394 e. The maximum Gasteiger partial charge on any atom is 0.186 e. The molecular formula is C13H15ClN2OS. The minimum absolute atomic E-state index is 0.204. The Hall–Kier alpha value is -0.840. The number of aliphatic hydroxyl groups excluding tert-OH is 1. The van der Waals surface area contributed by atoms with Gasteiger partial charge in [-0.2, -0.15) is 0 Å². The lowest BCUT2D eigenvalue weighted by Gasteiger charge is -2.21. The summed E-state index contributed by atoms with van der Waals surface area (Å²) in [4.78, 5) is 6.93. The number of anilines is 1. The summed E-state index contributed by atoms with van der Waals surface area (Å²) in [7, 11) is 0. The largest absolute Gasteiger partial charge is 0.394 e. The Morgan fingerprint density at radius 1 is 1.56 bits per heavy atom. The van der Waals surface area contributed by atoms with Gasteiger partial charge in [0.15, 0.2) is 5.13 Å². The lowest BCUT2D eigenvalue weighted by atomic mass is 10.2. The van der Waals surface area contributed by atoms with Crippen LogP contribution >= 0.6 is 22.9 Å². The molecule has 3 nitrogen and oxygen atoms in total. The molecule has 1 unspecified atom stereocenters. The molecular weight excluding hydrogens is 268 g/mol. The van der Waals surface area contributed by atoms with Crippen LogP contribution in [-0.4, -0.2) is 29.3 Å². The van der Waals surface area contributed by atoms with Gasteiger partial charge in [0, 0.05) is 11.6 Å². The first kappa shape index (κ1) is 12.2. The molecule has 1 saturated heterocycles. The number of fused-ring (bicyclic) bond motifs is 1. The number of hydrogen-bond donors (Lipinski definition) is 1. The molecule has 1 fully saturated rings. The Balaban J connectivity index is 2.05. The van der Waals surface area contributed by atoms with Gasteiger partial charge in [-0.15, -0.1) is 0 Å². The molecule has 0 aliphatic carbocycles. The van der Waals surface area contributed by atoms with Crippen LogP contribution in [0.2, 0.25) is 5.02 Å². The van der Waals surface area contributed by atoms with Crippen LogP contribution in [0.3, 0.4) is 0 Å². The molecule has 1 aromatic heterocycles. The van der Waals surface area contributed by atoms with Gasteiger partial charge in [0.05, 0.1) is 22.9 Å². The number of aliphatic hydroxyl groups is 1. The topological polar surface area (TPSA) is 36.4 Å². The monoisotopic (exact) mass is 282 g/mol. The Bertz CT molecular complexity index is 584. The molecule has 1 aromatic carbocycles. The molecule has 5 heteroatoms. The molecule has 2 aromatic rings. The molecule has 1 aliphatic heterocycles. The van der Waals surface area contributed by atoms with E-state index in [0.29, 0.717) is 0 Å². The maximum absolute atomic E-state index is 9.39. The number of thiazole rings is 1. The third-order valence-electron chi connectivity index (χ3n) is 3.47. The predicted molar refractivity (Wildman–Crippen MR) is 76.8 cm³/mol. The van der Waals surface area contributed by atoms with Crippen LogP contribution in [0.25, 0.3) is 10.2 Å². The van der Waals surface area contributed by atoms with Gasteiger partial charge >= 0.3 is 0 Å². The molecule has 0 bridgehead atoms. The van der Waals surface area contributed by atoms with E-state index in [4.69, 9.17) is 16.6 Å². The van der Waals surface area contributed by atoms with Crippen molar-refractivity contribution in [3.63, 3.8) is 0 Å². The van der Waals surface area contributed by atoms with Gasteiger partial charge in [-0.05, 0) is 37.5 Å². The number of aromatic nitrogens is 1. The smallest absolute Gasteiger partial charge is 0.186 e. The van der Waals surface area contributed by atoms with Crippen LogP contribution in [0.15, 0.2) is 12.1 Å². The summed E-state index contributed by atoms with van der Waals surface area (Å²) in [5, 5.41) is 11.2. The number of hydrogen-bond acceptors (Lipinski definition) is 4. The van der Waals surface area contributed by atoms with Crippen LogP contribution in [0.1, 0.15) is 18.4 Å². The zero-order valence-corrected chi connectivity index (χ0v) is 11.8. The summed E-state index contributed by atoms with van der Waals surface area (Å²) in [6.07, 6.45) is 2.17. The molecule has 1 N–H and O–H groups in total. The van der Waals surface area contributed by atoms with E-state index >= 15 is 0 Å². The van der Waals surface area contributed by atoms with E-state index in [-0.39, 0.29) is 12.6 Å². The summed E-state index contributed by atoms with van der Waals surface area (Å²) in [6, 6.07) is 4.14. The highest BCUT2D eigenvalue weighted by Crippen LogP contribution is 2.35. The van der Waals surface area contributed by atoms with Gasteiger partial charge in [-0.3, -0.25) is 0 Å². The first-order valence-corrected chi connectivity index (χ1v) is 7.32. The predicted octanol–water partition coefficient (Wildman–Crippen LogP) is 3.22. The van der Waals surface area contributed by atoms with E-state index in [1.165, 1.54) is 0 Å². The summed E-state index contributed by atoms with van der Waals surface area (Å²) < 4.78 is 1.12. The second-order valence-electron chi connectivity index (χ2n) is 4.74. The third kappa shape index (κ3) is 1.98. The number of aryl methyl sites for hydroxylation is 1. The van der Waals surface area contributed by atoms with E-state index in [0.717, 1.165) is 45.3 Å². The van der Waals surface area contributed by atoms with E-state index in [9.17, 15) is 5.11 Å². The summed E-state index contributed by atoms with van der Waals surface area (Å²) in [5.74, 6) is 0. The van der Waals surface area contributed by atoms with Crippen molar-refractivity contribution < 1.29 is 5.11 Å². The fourth-order valence-corrected chi connectivity index (χ4v) is 4.06. The second-order valence-corrected chi connectivity index (χ2v) is 6.18. The van der Waals surface area contributed by atoms with Crippen LogP contribution in [0.5, 0.6) is 0 Å². The van der Waals surface area contributed by atoms with Crippen molar-refractivity contribution in [1.82, 2.24) is 4.98 Å². The Labute approximate surface area is 115 Å². The van der Waals surface area contributed by atoms with Crippen LogP contribution in [-0.2, 0) is 0 Å². The SMILES string of the molecule is Cc1cc(Cl)cc2sc(N3CCCC3CO)nc12. The lowest BCUT2D eigenvalue weighted by molar-refractivity contribution is 0.266. The zero-order valence-electron chi connectivity index (χ0n) is 10.2. The van der Waals surface area contributed by atoms with Crippen molar-refractivity contribution in [2.45, 2.75) is 25.8 Å². The minimum atomic E-state index is 0.204. The molecule has 96 valence electrons. The summed E-state index contributed by atoms with van der Waals surface area (Å²) in [6.45, 7) is 3.22. The average Bonchev–Trinajstić information content (AvgIpc) is 2.92. The van der Waals surface area contributed by atoms with Gasteiger partial charge in [0.1, 0.15) is 0 Å². The number of benzene rings is 1. The molecule has 3 rings (SSSR count). The standard InChI is InChI=1S/C13H15ClN2OS/c1-8-5-9(14)6-11-12(8)15-13(18-11)16-4-2-3-10(16)7-17/h5-6,10,17H,2-4,7H2,1H3. The third-order valence-corrected chi connectivity index (χ3v) is 4.73. The number of rotatable bonds is 2. The van der Waals surface area contributed by atoms with E-state index in [1.807, 2.05) is 19.1 Å². The van der Waals surface area contributed by atoms with Crippen molar-refractivity contribution >= 4 is 38.3 Å². The average molecular weight is 283 g/mol. The van der Waals surface area contributed by atoms with Crippen LogP contribution in [0, 0.1) is 6.92 Å². The van der Waals surface area contributed by atoms with Gasteiger partial charge in [-0.1, -0.05) is 22.9 Å². The molecule has 1 atom stereocenters. The molecule has 1 aliphatic rings. The Morgan fingerprint density at radius 2 is 2.39 bits per heavy atom. The Morgan fingerprint density at radius 3 is 3.17 bits per heavy atom. The first-order chi connectivity index (χ1) is 8.69. The first-order valence-electron chi connectivity index (χ1n) is 6.13. The van der Waals surface area contributed by atoms with Gasteiger partial charge < -0.3 is 10.0 Å². The molecule has 0 saturated carbocycles. The Kier molecular flexibility index (Phi) is 3.18. The maximum atomic E-state index is 9.39. The zero-order chi connectivity index (χ0) is 12.7. The normalized spacial score (nSPS) is 19.9. The van der Waals surface area contributed by atoms with Gasteiger partial charge in [-0.25, -0.2) is 4.98 Å². The number of nitrogens with zero attached hydrogens (tertiary/aromatic N) is 2. The molecule has 0 spiro atoms. The summed E-state index contributed by atoms with van der Waals surface area (Å²) >= 11 is 7.74. The quantitative estimate of drug-likeness (QED) is 0.919. The van der Waals surface area contributed by atoms with Crippen LogP contribution in [0.4, 0.5) is 5.13 Å². The van der Waals surface area contributed by atoms with E-state index < -0.39 is 0 Å². The van der Waals surface area contributed by atoms with Crippen LogP contribution < -0.4 is 4.90 Å². The highest BCUT2D eigenvalue weighted by molar-refractivity contribution is 7.22. The molecule has 18 heavy (non-hydrogen) atoms. The number of halogens is 1. The molecule has 2 heterocycles. The highest BCUT2D eigenvalue weighted by atomic mass is 35.5. The van der Waals surface area contributed by atoms with E-state index in [2.05, 4.69) is 4.90 Å². The fourth-order valence-electron chi connectivity index (χ4n) is 2.54. The molecule has 0 amide bonds. The lowest BCUT2D eigenvalue weighted by Crippen LogP contribution is -2.31. The second kappa shape index (κ2) is 4.68. The van der Waals surface area contributed by atoms with Crippen molar-refractivity contribution in [1.29, 1.82) is 0 Å². The van der Waals surface area contributed by atoms with Crippen molar-refractivity contribution in [3.8, 4) is 0 Å². The van der Waals surface area contributed by atoms with E-state index in [1.54, 1.807) is 11.3 Å². The molecule has 0 radical (unpaired) electrons. The fraction of sp³-hybridized carbons (Fsp3) is 0.462. The van der Waals surface area contributed by atoms with Crippen molar-refractivity contribution in [2.24, 2.45) is 0 Å². The van der Waals surface area contributed by atoms with Crippen molar-refractivity contribution in [2.75, 3.05) is 18.1 Å². The summed E-state index contributed by atoms with van der Waals surface area (Å²) in [5.41, 5.74) is 2.14. The highest BCUT2D eigenvalue weighted by Gasteiger charge is 2.26. The van der Waals surface area contributed by atoms with Gasteiger partial charge in [0.2, 0.25) is 0 Å².